The second kappa shape index (κ2) is 21.1. The Morgan fingerprint density at radius 1 is 0.625 bits per heavy atom. The minimum Gasteiger partial charge on any atom is -0.495 e. The maximum atomic E-state index is 11.7. The number of rotatable bonds is 9. The van der Waals surface area contributed by atoms with E-state index in [4.69, 9.17) is 104 Å². The summed E-state index contributed by atoms with van der Waals surface area (Å²) in [6.45, 7) is 7.15. The molecule has 6 heterocycles. The van der Waals surface area contributed by atoms with Gasteiger partial charge in [0.15, 0.2) is 10.3 Å². The first-order valence-corrected chi connectivity index (χ1v) is 23.3. The Bertz CT molecular complexity index is 2750. The molecular formula is C41H42Cl6N8O8S. The summed E-state index contributed by atoms with van der Waals surface area (Å²) in [5, 5.41) is 5.35. The van der Waals surface area contributed by atoms with Crippen LogP contribution in [0.1, 0.15) is 13.8 Å². The van der Waals surface area contributed by atoms with Gasteiger partial charge in [-0.05, 0) is 18.1 Å². The molecule has 0 aliphatic carbocycles. The number of anilines is 1. The molecule has 0 bridgehead atoms. The number of nitrogens with one attached hydrogen (secondary N) is 1. The Morgan fingerprint density at radius 3 is 1.44 bits per heavy atom. The van der Waals surface area contributed by atoms with Gasteiger partial charge in [0.1, 0.15) is 34.0 Å². The molecule has 23 heteroatoms. The number of aromatic nitrogens is 6. The molecule has 0 unspecified atom stereocenters. The fraction of sp³-hybridized carbons (Fsp3) is 0.366. The van der Waals surface area contributed by atoms with Crippen LogP contribution in [0.3, 0.4) is 0 Å². The molecule has 342 valence electrons. The molecule has 2 aromatic carbocycles. The van der Waals surface area contributed by atoms with Crippen LogP contribution >= 0.6 is 69.6 Å². The first-order valence-electron chi connectivity index (χ1n) is 19.1. The SMILES string of the molecule is COc1cc(OC)c(Cl)c(-c2cc3cnc(N[C@@H]4COC[C@@H]4C)nc3c(Cl)n2)c1Cl.COc1cc(OC)c(Cl)c(-c2cc3cnc(S(C)(=O)=O)nc3c(Cl)n2)c1Cl.C[C@H]1COC[C@H]1N. The summed E-state index contributed by atoms with van der Waals surface area (Å²) in [5.74, 6) is 2.92. The maximum Gasteiger partial charge on any atom is 0.247 e. The van der Waals surface area contributed by atoms with E-state index < -0.39 is 9.84 Å². The lowest BCUT2D eigenvalue weighted by molar-refractivity contribution is 0.186. The van der Waals surface area contributed by atoms with Gasteiger partial charge in [0, 0.05) is 64.6 Å². The molecule has 8 rings (SSSR count). The van der Waals surface area contributed by atoms with E-state index in [2.05, 4.69) is 49.1 Å². The lowest BCUT2D eigenvalue weighted by Crippen LogP contribution is -2.26. The first kappa shape index (κ1) is 49.4. The summed E-state index contributed by atoms with van der Waals surface area (Å²) in [7, 11) is 2.35. The Hall–Kier alpha value is -4.01. The van der Waals surface area contributed by atoms with Gasteiger partial charge in [0.05, 0.1) is 92.4 Å². The molecule has 2 aliphatic rings. The summed E-state index contributed by atoms with van der Waals surface area (Å²) >= 11 is 38.6. The molecule has 0 saturated carbocycles. The molecule has 3 N–H and O–H groups in total. The highest BCUT2D eigenvalue weighted by Crippen LogP contribution is 2.47. The maximum absolute atomic E-state index is 11.7. The zero-order chi connectivity index (χ0) is 46.6. The monoisotopic (exact) mass is 1020 g/mol. The van der Waals surface area contributed by atoms with Crippen LogP contribution in [0.15, 0.2) is 41.8 Å². The summed E-state index contributed by atoms with van der Waals surface area (Å²) in [6, 6.07) is 6.98. The minimum atomic E-state index is -3.59. The number of nitrogens with two attached hydrogens (primary N) is 1. The van der Waals surface area contributed by atoms with Crippen molar-refractivity contribution in [2.45, 2.75) is 31.1 Å². The quantitative estimate of drug-likeness (QED) is 0.102. The van der Waals surface area contributed by atoms with Crippen molar-refractivity contribution in [2.75, 3.05) is 66.4 Å². The summed E-state index contributed by atoms with van der Waals surface area (Å²) in [4.78, 5) is 25.5. The number of fused-ring (bicyclic) bond motifs is 2. The smallest absolute Gasteiger partial charge is 0.247 e. The number of hydrogen-bond donors (Lipinski definition) is 2. The number of ether oxygens (including phenoxy) is 6. The molecule has 4 atom stereocenters. The molecule has 6 aromatic rings. The Balaban J connectivity index is 0.000000185. The predicted molar refractivity (Wildman–Crippen MR) is 250 cm³/mol. The van der Waals surface area contributed by atoms with E-state index >= 15 is 0 Å². The first-order chi connectivity index (χ1) is 30.4. The van der Waals surface area contributed by atoms with Crippen molar-refractivity contribution in [3.8, 4) is 45.5 Å². The van der Waals surface area contributed by atoms with Crippen LogP contribution in [0.2, 0.25) is 30.4 Å². The number of pyridine rings is 2. The van der Waals surface area contributed by atoms with Gasteiger partial charge in [0.2, 0.25) is 20.9 Å². The molecule has 2 fully saturated rings. The Morgan fingerprint density at radius 2 is 1.06 bits per heavy atom. The highest BCUT2D eigenvalue weighted by Gasteiger charge is 2.26. The van der Waals surface area contributed by atoms with E-state index in [0.29, 0.717) is 109 Å². The van der Waals surface area contributed by atoms with E-state index in [-0.39, 0.29) is 37.1 Å². The molecule has 64 heavy (non-hydrogen) atoms. The van der Waals surface area contributed by atoms with Crippen molar-refractivity contribution >= 4 is 107 Å². The van der Waals surface area contributed by atoms with Gasteiger partial charge in [-0.3, -0.25) is 0 Å². The standard InChI is InChI=1S/C20H19Cl3N4O3.C16H12Cl3N3O4S.C5H11NO/c1-9-7-30-8-12(9)26-20-24-6-10-4-11(25-19(23)18(10)27-20)15-16(21)13(28-2)5-14(29-3)17(15)22;1-25-9-5-10(26-2)13(18)11(12(9)17)8-4-7-6-20-16(27(3,23)24)22-14(7)15(19)21-8;1-4-2-7-3-5(4)6/h4-6,9,12H,7-8H2,1-3H3,(H,24,26,27);4-6H,1-3H3;4-5H,2-3,6H2,1H3/t9-,12+;;4-,5+/m0.0/s1. The van der Waals surface area contributed by atoms with Gasteiger partial charge < -0.3 is 39.5 Å². The van der Waals surface area contributed by atoms with Crippen LogP contribution in [0, 0.1) is 11.8 Å². The number of methoxy groups -OCH3 is 4. The second-order valence-corrected chi connectivity index (χ2v) is 18.7. The fourth-order valence-corrected chi connectivity index (χ4v) is 8.77. The van der Waals surface area contributed by atoms with Crippen molar-refractivity contribution in [3.63, 3.8) is 0 Å². The number of nitrogens with zero attached hydrogens (tertiary/aromatic N) is 6. The van der Waals surface area contributed by atoms with Gasteiger partial charge in [-0.25, -0.2) is 38.3 Å². The van der Waals surface area contributed by atoms with Crippen LogP contribution in [-0.4, -0.2) is 112 Å². The van der Waals surface area contributed by atoms with E-state index in [1.807, 2.05) is 0 Å². The Kier molecular flexibility index (Phi) is 16.3. The van der Waals surface area contributed by atoms with Crippen LogP contribution in [-0.2, 0) is 19.3 Å². The minimum absolute atomic E-state index is 0.0243. The number of benzene rings is 2. The van der Waals surface area contributed by atoms with Gasteiger partial charge in [-0.15, -0.1) is 0 Å². The average Bonchev–Trinajstić information content (AvgIpc) is 3.85. The van der Waals surface area contributed by atoms with E-state index in [0.717, 1.165) is 19.5 Å². The molecule has 4 aromatic heterocycles. The molecule has 2 saturated heterocycles. The van der Waals surface area contributed by atoms with Gasteiger partial charge in [0.25, 0.3) is 0 Å². The van der Waals surface area contributed by atoms with Gasteiger partial charge in [-0.1, -0.05) is 83.5 Å². The normalized spacial score (nSPS) is 18.2. The van der Waals surface area contributed by atoms with Crippen molar-refractivity contribution in [1.29, 1.82) is 0 Å². The molecule has 0 radical (unpaired) electrons. The zero-order valence-electron chi connectivity index (χ0n) is 35.3. The Labute approximate surface area is 399 Å². The topological polar surface area (TPSA) is 205 Å². The second-order valence-electron chi connectivity index (χ2n) is 14.6. The third-order valence-electron chi connectivity index (χ3n) is 10.1. The predicted octanol–water partition coefficient (Wildman–Crippen LogP) is 9.17. The van der Waals surface area contributed by atoms with Crippen molar-refractivity contribution in [2.24, 2.45) is 17.6 Å². The number of sulfone groups is 1. The lowest BCUT2D eigenvalue weighted by Gasteiger charge is -2.16. The summed E-state index contributed by atoms with van der Waals surface area (Å²) < 4.78 is 55.0. The molecule has 0 amide bonds. The summed E-state index contributed by atoms with van der Waals surface area (Å²) in [6.07, 6.45) is 4.03. The van der Waals surface area contributed by atoms with E-state index in [1.54, 1.807) is 30.5 Å². The molecule has 2 aliphatic heterocycles. The van der Waals surface area contributed by atoms with Crippen LogP contribution in [0.5, 0.6) is 23.0 Å². The lowest BCUT2D eigenvalue weighted by atomic mass is 10.1. The highest BCUT2D eigenvalue weighted by atomic mass is 35.5. The molecule has 0 spiro atoms. The van der Waals surface area contributed by atoms with Gasteiger partial charge >= 0.3 is 0 Å². The van der Waals surface area contributed by atoms with E-state index in [9.17, 15) is 8.42 Å². The summed E-state index contributed by atoms with van der Waals surface area (Å²) in [5.41, 5.74) is 7.86. The molecular weight excluding hydrogens is 977 g/mol. The zero-order valence-corrected chi connectivity index (χ0v) is 40.7. The largest absolute Gasteiger partial charge is 0.495 e. The van der Waals surface area contributed by atoms with Crippen LogP contribution in [0.25, 0.3) is 44.3 Å². The van der Waals surface area contributed by atoms with Crippen LogP contribution in [0.4, 0.5) is 5.95 Å². The van der Waals surface area contributed by atoms with Crippen molar-refractivity contribution in [1.82, 2.24) is 29.9 Å². The average molecular weight is 1020 g/mol. The third-order valence-corrected chi connectivity index (χ3v) is 13.0. The van der Waals surface area contributed by atoms with Crippen LogP contribution < -0.4 is 30.0 Å². The van der Waals surface area contributed by atoms with E-state index in [1.165, 1.54) is 34.6 Å². The number of halogens is 6. The van der Waals surface area contributed by atoms with Gasteiger partial charge in [-0.2, -0.15) is 0 Å². The highest BCUT2D eigenvalue weighted by molar-refractivity contribution is 7.90. The van der Waals surface area contributed by atoms with Crippen molar-refractivity contribution < 1.29 is 36.8 Å². The molecule has 16 nitrogen and oxygen atoms in total. The fourth-order valence-electron chi connectivity index (χ4n) is 6.40. The number of hydrogen-bond acceptors (Lipinski definition) is 16. The third kappa shape index (κ3) is 10.8. The van der Waals surface area contributed by atoms with Crippen molar-refractivity contribution in [3.05, 3.63) is 67.1 Å².